The maximum Gasteiger partial charge on any atom is 0.331 e. The number of aliphatic carboxylic acids is 1. The fourth-order valence-corrected chi connectivity index (χ4v) is 4.51. The van der Waals surface area contributed by atoms with Crippen molar-refractivity contribution in [2.75, 3.05) is 10.6 Å². The number of nitrogens with one attached hydrogen (secondary N) is 2. The number of para-hydroxylation sites is 1. The number of amides is 2. The van der Waals surface area contributed by atoms with Gasteiger partial charge in [0.25, 0.3) is 0 Å². The number of aryl methyl sites for hydroxylation is 2. The fraction of sp³-hybridized carbons (Fsp3) is 0.179. The first-order chi connectivity index (χ1) is 16.8. The number of carboxylic acid groups (broad SMARTS) is 1. The molecule has 0 heterocycles. The molecule has 0 aromatic heterocycles. The number of hydrogen-bond donors (Lipinski definition) is 3. The summed E-state index contributed by atoms with van der Waals surface area (Å²) in [7, 11) is 0. The van der Waals surface area contributed by atoms with E-state index in [9.17, 15) is 14.4 Å². The summed E-state index contributed by atoms with van der Waals surface area (Å²) in [5, 5.41) is 14.2. The van der Waals surface area contributed by atoms with E-state index in [0.29, 0.717) is 5.69 Å². The van der Waals surface area contributed by atoms with Crippen LogP contribution in [0.5, 0.6) is 0 Å². The number of carbonyl (C=O) groups is 3. The quantitative estimate of drug-likeness (QED) is 0.254. The molecule has 3 aromatic carbocycles. The fourth-order valence-electron chi connectivity index (χ4n) is 3.48. The van der Waals surface area contributed by atoms with Gasteiger partial charge in [0.2, 0.25) is 11.8 Å². The number of carbonyl (C=O) groups excluding carboxylic acids is 2. The number of thioether (sulfide) groups is 1. The predicted octanol–water partition coefficient (Wildman–Crippen LogP) is 6.00. The minimum absolute atomic E-state index is 0.0497. The largest absolute Gasteiger partial charge is 0.478 e. The van der Waals surface area contributed by atoms with Crippen LogP contribution >= 0.6 is 11.8 Å². The second-order valence-corrected chi connectivity index (χ2v) is 9.19. The Labute approximate surface area is 209 Å². The number of carboxylic acids is 1. The molecule has 0 unspecified atom stereocenters. The van der Waals surface area contributed by atoms with Crippen molar-refractivity contribution in [3.8, 4) is 0 Å². The number of hydrogen-bond acceptors (Lipinski definition) is 4. The summed E-state index contributed by atoms with van der Waals surface area (Å²) in [6.07, 6.45) is 1.85. The molecule has 0 saturated heterocycles. The van der Waals surface area contributed by atoms with Gasteiger partial charge in [-0.1, -0.05) is 55.5 Å². The standard InChI is InChI=1S/C28H28N2O4S/c1-4-20-12-8-9-18(2)25(20)30-27(32)26(21-10-6-5-7-11-21)35-23-15-13-22(14-16-23)29-24(31)17-19(3)28(33)34/h5-17,26H,4H2,1-3H3,(H,29,31)(H,30,32)(H,33,34)/b19-17+/t26-/m0/s1. The molecule has 2 amide bonds. The molecular weight excluding hydrogens is 460 g/mol. The molecule has 0 aliphatic rings. The van der Waals surface area contributed by atoms with Crippen LogP contribution in [0.3, 0.4) is 0 Å². The van der Waals surface area contributed by atoms with Crippen molar-refractivity contribution < 1.29 is 19.5 Å². The van der Waals surface area contributed by atoms with Crippen molar-refractivity contribution in [1.29, 1.82) is 0 Å². The number of rotatable bonds is 9. The van der Waals surface area contributed by atoms with Gasteiger partial charge in [-0.2, -0.15) is 0 Å². The smallest absolute Gasteiger partial charge is 0.331 e. The van der Waals surface area contributed by atoms with Crippen LogP contribution < -0.4 is 10.6 Å². The SMILES string of the molecule is CCc1cccc(C)c1NC(=O)[C@@H](Sc1ccc(NC(=O)/C=C(\C)C(=O)O)cc1)c1ccccc1. The third-order valence-electron chi connectivity index (χ3n) is 5.39. The van der Waals surface area contributed by atoms with Gasteiger partial charge in [-0.3, -0.25) is 9.59 Å². The summed E-state index contributed by atoms with van der Waals surface area (Å²) in [5.41, 5.74) is 4.31. The van der Waals surface area contributed by atoms with E-state index in [0.717, 1.165) is 39.8 Å². The maximum absolute atomic E-state index is 13.5. The lowest BCUT2D eigenvalue weighted by molar-refractivity contribution is -0.132. The van der Waals surface area contributed by atoms with Crippen LogP contribution in [0.15, 0.2) is 89.3 Å². The highest BCUT2D eigenvalue weighted by molar-refractivity contribution is 8.00. The highest BCUT2D eigenvalue weighted by atomic mass is 32.2. The van der Waals surface area contributed by atoms with E-state index >= 15 is 0 Å². The van der Waals surface area contributed by atoms with E-state index in [1.165, 1.54) is 18.7 Å². The van der Waals surface area contributed by atoms with Crippen molar-refractivity contribution in [2.24, 2.45) is 0 Å². The Hall–Kier alpha value is -3.84. The Balaban J connectivity index is 1.80. The lowest BCUT2D eigenvalue weighted by Crippen LogP contribution is -2.20. The van der Waals surface area contributed by atoms with E-state index in [1.807, 2.05) is 67.6 Å². The molecule has 35 heavy (non-hydrogen) atoms. The monoisotopic (exact) mass is 488 g/mol. The van der Waals surface area contributed by atoms with Crippen LogP contribution in [0.25, 0.3) is 0 Å². The zero-order valence-electron chi connectivity index (χ0n) is 19.9. The third kappa shape index (κ3) is 7.07. The molecule has 7 heteroatoms. The Morgan fingerprint density at radius 1 is 0.943 bits per heavy atom. The highest BCUT2D eigenvalue weighted by Crippen LogP contribution is 2.37. The topological polar surface area (TPSA) is 95.5 Å². The zero-order valence-corrected chi connectivity index (χ0v) is 20.7. The molecule has 0 aliphatic heterocycles. The Morgan fingerprint density at radius 2 is 1.63 bits per heavy atom. The molecule has 0 fully saturated rings. The molecular formula is C28H28N2O4S. The molecule has 3 N–H and O–H groups in total. The molecule has 180 valence electrons. The van der Waals surface area contributed by atoms with Gasteiger partial charge in [0, 0.05) is 27.9 Å². The molecule has 0 spiro atoms. The normalized spacial score (nSPS) is 12.0. The van der Waals surface area contributed by atoms with E-state index in [1.54, 1.807) is 12.1 Å². The summed E-state index contributed by atoms with van der Waals surface area (Å²) in [6, 6.07) is 22.7. The molecule has 0 bridgehead atoms. The lowest BCUT2D eigenvalue weighted by Gasteiger charge is -2.20. The molecule has 1 atom stereocenters. The van der Waals surface area contributed by atoms with Crippen molar-refractivity contribution in [1.82, 2.24) is 0 Å². The average molecular weight is 489 g/mol. The first-order valence-electron chi connectivity index (χ1n) is 11.2. The molecule has 0 saturated carbocycles. The van der Waals surface area contributed by atoms with Gasteiger partial charge in [0.15, 0.2) is 0 Å². The molecule has 6 nitrogen and oxygen atoms in total. The van der Waals surface area contributed by atoms with Crippen LogP contribution in [-0.2, 0) is 20.8 Å². The zero-order chi connectivity index (χ0) is 25.4. The van der Waals surface area contributed by atoms with Gasteiger partial charge in [-0.05, 0) is 61.2 Å². The Morgan fingerprint density at radius 3 is 2.26 bits per heavy atom. The van der Waals surface area contributed by atoms with Gasteiger partial charge >= 0.3 is 5.97 Å². The minimum atomic E-state index is -1.14. The summed E-state index contributed by atoms with van der Waals surface area (Å²) in [6.45, 7) is 5.41. The summed E-state index contributed by atoms with van der Waals surface area (Å²) < 4.78 is 0. The van der Waals surface area contributed by atoms with Gasteiger partial charge in [-0.15, -0.1) is 11.8 Å². The first-order valence-corrected chi connectivity index (χ1v) is 12.1. The maximum atomic E-state index is 13.5. The van der Waals surface area contributed by atoms with Gasteiger partial charge in [0.05, 0.1) is 0 Å². The van der Waals surface area contributed by atoms with E-state index in [4.69, 9.17) is 5.11 Å². The van der Waals surface area contributed by atoms with Crippen LogP contribution in [0.1, 0.15) is 35.8 Å². The first kappa shape index (κ1) is 25.8. The van der Waals surface area contributed by atoms with Gasteiger partial charge in [0.1, 0.15) is 5.25 Å². The van der Waals surface area contributed by atoms with Crippen LogP contribution in [-0.4, -0.2) is 22.9 Å². The van der Waals surface area contributed by atoms with Crippen LogP contribution in [0.2, 0.25) is 0 Å². The third-order valence-corrected chi connectivity index (χ3v) is 6.66. The molecule has 0 radical (unpaired) electrons. The van der Waals surface area contributed by atoms with Crippen LogP contribution in [0, 0.1) is 6.92 Å². The van der Waals surface area contributed by atoms with E-state index < -0.39 is 17.1 Å². The van der Waals surface area contributed by atoms with Gasteiger partial charge < -0.3 is 15.7 Å². The van der Waals surface area contributed by atoms with E-state index in [-0.39, 0.29) is 11.5 Å². The summed E-state index contributed by atoms with van der Waals surface area (Å²) in [4.78, 5) is 37.2. The highest BCUT2D eigenvalue weighted by Gasteiger charge is 2.23. The van der Waals surface area contributed by atoms with E-state index in [2.05, 4.69) is 17.6 Å². The van der Waals surface area contributed by atoms with Crippen molar-refractivity contribution in [3.05, 3.63) is 101 Å². The van der Waals surface area contributed by atoms with Crippen LogP contribution in [0.4, 0.5) is 11.4 Å². The van der Waals surface area contributed by atoms with Crippen molar-refractivity contribution in [2.45, 2.75) is 37.3 Å². The van der Waals surface area contributed by atoms with Crippen molar-refractivity contribution >= 4 is 40.9 Å². The Bertz CT molecular complexity index is 1240. The predicted molar refractivity (Wildman–Crippen MR) is 141 cm³/mol. The number of anilines is 2. The summed E-state index contributed by atoms with van der Waals surface area (Å²) in [5.74, 6) is -1.78. The minimum Gasteiger partial charge on any atom is -0.478 e. The molecule has 0 aliphatic carbocycles. The lowest BCUT2D eigenvalue weighted by atomic mass is 10.1. The average Bonchev–Trinajstić information content (AvgIpc) is 2.85. The Kier molecular flexibility index (Phi) is 8.86. The summed E-state index contributed by atoms with van der Waals surface area (Å²) >= 11 is 1.42. The van der Waals surface area contributed by atoms with Crippen molar-refractivity contribution in [3.63, 3.8) is 0 Å². The van der Waals surface area contributed by atoms with Gasteiger partial charge in [-0.25, -0.2) is 4.79 Å². The molecule has 3 rings (SSSR count). The molecule has 3 aromatic rings. The second-order valence-electron chi connectivity index (χ2n) is 8.01. The number of benzene rings is 3. The second kappa shape index (κ2) is 12.0.